The maximum atomic E-state index is 11.7. The average Bonchev–Trinajstić information content (AvgIpc) is 2.66. The maximum Gasteiger partial charge on any atom is 0.328 e. The van der Waals surface area contributed by atoms with Gasteiger partial charge in [-0.25, -0.2) is 4.79 Å². The van der Waals surface area contributed by atoms with Crippen molar-refractivity contribution in [3.8, 4) is 17.7 Å². The van der Waals surface area contributed by atoms with Gasteiger partial charge in [-0.3, -0.25) is 14.3 Å². The zero-order valence-corrected chi connectivity index (χ0v) is 15.9. The van der Waals surface area contributed by atoms with Gasteiger partial charge in [0.05, 0.1) is 11.6 Å². The van der Waals surface area contributed by atoms with Crippen LogP contribution in [0.2, 0.25) is 0 Å². The number of anilines is 2. The van der Waals surface area contributed by atoms with Crippen LogP contribution in [0.5, 0.6) is 11.6 Å². The third kappa shape index (κ3) is 4.78. The summed E-state index contributed by atoms with van der Waals surface area (Å²) >= 11 is 0. The molecule has 0 bridgehead atoms. The van der Waals surface area contributed by atoms with Crippen LogP contribution < -0.4 is 27.0 Å². The molecule has 0 spiro atoms. The number of nitrogen functional groups attached to an aromatic ring is 1. The van der Waals surface area contributed by atoms with E-state index in [0.29, 0.717) is 17.9 Å². The fourth-order valence-corrected chi connectivity index (χ4v) is 2.76. The van der Waals surface area contributed by atoms with Gasteiger partial charge in [0.2, 0.25) is 11.8 Å². The fraction of sp³-hybridized carbons (Fsp3) is 0.211. The van der Waals surface area contributed by atoms with E-state index in [4.69, 9.17) is 15.7 Å². The number of nitrogens with one attached hydrogen (secondary N) is 2. The smallest absolute Gasteiger partial charge is 0.328 e. The molecule has 0 aliphatic heterocycles. The molecule has 4 N–H and O–H groups in total. The van der Waals surface area contributed by atoms with Crippen molar-refractivity contribution in [2.75, 3.05) is 17.6 Å². The predicted octanol–water partition coefficient (Wildman–Crippen LogP) is 1.30. The highest BCUT2D eigenvalue weighted by atomic mass is 16.5. The standard InChI is InChI=1S/C19H19N7O3/c1-11-7-13(10-20)8-12(2)17(11)29-16-9-14(21)23-18(25-16)22-4-6-26-5-3-15(27)24-19(26)28/h3,5,7-9H,4,6H2,1-2H3,(H,24,27,28)(H3,21,22,23,25). The van der Waals surface area contributed by atoms with Crippen LogP contribution in [-0.2, 0) is 6.54 Å². The lowest BCUT2D eigenvalue weighted by Crippen LogP contribution is -2.30. The number of nitrogens with zero attached hydrogens (tertiary/aromatic N) is 4. The van der Waals surface area contributed by atoms with Gasteiger partial charge in [-0.05, 0) is 37.1 Å². The van der Waals surface area contributed by atoms with E-state index in [1.165, 1.54) is 22.9 Å². The Labute approximate surface area is 165 Å². The molecule has 3 rings (SSSR count). The van der Waals surface area contributed by atoms with E-state index in [9.17, 15) is 9.59 Å². The van der Waals surface area contributed by atoms with Crippen LogP contribution in [0.3, 0.4) is 0 Å². The molecule has 0 atom stereocenters. The molecule has 0 saturated carbocycles. The van der Waals surface area contributed by atoms with Crippen molar-refractivity contribution < 1.29 is 4.74 Å². The summed E-state index contributed by atoms with van der Waals surface area (Å²) in [4.78, 5) is 33.4. The number of ether oxygens (including phenoxy) is 1. The van der Waals surface area contributed by atoms with Crippen LogP contribution in [0.25, 0.3) is 0 Å². The third-order valence-corrected chi connectivity index (χ3v) is 4.05. The molecule has 0 radical (unpaired) electrons. The van der Waals surface area contributed by atoms with Crippen LogP contribution in [0.15, 0.2) is 40.1 Å². The van der Waals surface area contributed by atoms with Crippen LogP contribution in [0.4, 0.5) is 11.8 Å². The summed E-state index contributed by atoms with van der Waals surface area (Å²) in [6.45, 7) is 4.30. The maximum absolute atomic E-state index is 11.7. The summed E-state index contributed by atoms with van der Waals surface area (Å²) in [5, 5.41) is 12.0. The van der Waals surface area contributed by atoms with Crippen molar-refractivity contribution in [3.63, 3.8) is 0 Å². The van der Waals surface area contributed by atoms with Gasteiger partial charge < -0.3 is 15.8 Å². The Balaban J connectivity index is 1.74. The molecule has 29 heavy (non-hydrogen) atoms. The van der Waals surface area contributed by atoms with Crippen LogP contribution in [0, 0.1) is 25.2 Å². The van der Waals surface area contributed by atoms with Crippen LogP contribution in [-0.4, -0.2) is 26.1 Å². The Morgan fingerprint density at radius 3 is 2.62 bits per heavy atom. The van der Waals surface area contributed by atoms with Gasteiger partial charge in [-0.2, -0.15) is 15.2 Å². The van der Waals surface area contributed by atoms with E-state index in [1.807, 2.05) is 13.8 Å². The first kappa shape index (κ1) is 19.6. The minimum atomic E-state index is -0.497. The van der Waals surface area contributed by atoms with Crippen LogP contribution in [0.1, 0.15) is 16.7 Å². The number of nitrogens with two attached hydrogens (primary N) is 1. The molecule has 3 aromatic rings. The van der Waals surface area contributed by atoms with Gasteiger partial charge in [-0.15, -0.1) is 0 Å². The minimum Gasteiger partial charge on any atom is -0.438 e. The Kier molecular flexibility index (Phi) is 5.59. The number of hydrogen-bond donors (Lipinski definition) is 3. The van der Waals surface area contributed by atoms with E-state index in [0.717, 1.165) is 11.1 Å². The largest absolute Gasteiger partial charge is 0.438 e. The van der Waals surface area contributed by atoms with E-state index in [1.54, 1.807) is 12.1 Å². The number of aromatic nitrogens is 4. The van der Waals surface area contributed by atoms with Gasteiger partial charge in [0, 0.05) is 31.4 Å². The fourth-order valence-electron chi connectivity index (χ4n) is 2.76. The molecule has 0 saturated heterocycles. The summed E-state index contributed by atoms with van der Waals surface area (Å²) in [5.74, 6) is 1.29. The number of benzene rings is 1. The van der Waals surface area contributed by atoms with Crippen molar-refractivity contribution in [3.05, 3.63) is 68.0 Å². The zero-order valence-electron chi connectivity index (χ0n) is 15.9. The molecule has 2 heterocycles. The highest BCUT2D eigenvalue weighted by Crippen LogP contribution is 2.29. The van der Waals surface area contributed by atoms with E-state index < -0.39 is 11.2 Å². The first-order chi connectivity index (χ1) is 13.9. The second kappa shape index (κ2) is 8.26. The third-order valence-electron chi connectivity index (χ3n) is 4.05. The topological polar surface area (TPSA) is 152 Å². The summed E-state index contributed by atoms with van der Waals surface area (Å²) in [6, 6.07) is 8.33. The van der Waals surface area contributed by atoms with Gasteiger partial charge in [0.25, 0.3) is 5.56 Å². The van der Waals surface area contributed by atoms with Crippen molar-refractivity contribution >= 4 is 11.8 Å². The SMILES string of the molecule is Cc1cc(C#N)cc(C)c1Oc1cc(N)nc(NCCn2ccc(=O)[nH]c2=O)n1. The molecule has 10 heteroatoms. The number of nitriles is 1. The zero-order chi connectivity index (χ0) is 21.0. The summed E-state index contributed by atoms with van der Waals surface area (Å²) in [6.07, 6.45) is 1.41. The van der Waals surface area contributed by atoms with Crippen molar-refractivity contribution in [1.29, 1.82) is 5.26 Å². The first-order valence-electron chi connectivity index (χ1n) is 8.73. The van der Waals surface area contributed by atoms with Gasteiger partial charge >= 0.3 is 5.69 Å². The number of aryl methyl sites for hydroxylation is 2. The summed E-state index contributed by atoms with van der Waals surface area (Å²) < 4.78 is 7.23. The predicted molar refractivity (Wildman–Crippen MR) is 107 cm³/mol. The number of rotatable bonds is 6. The Hall–Kier alpha value is -4.13. The summed E-state index contributed by atoms with van der Waals surface area (Å²) in [7, 11) is 0. The lowest BCUT2D eigenvalue weighted by atomic mass is 10.1. The molecule has 1 aromatic carbocycles. The van der Waals surface area contributed by atoms with Gasteiger partial charge in [-0.1, -0.05) is 0 Å². The quantitative estimate of drug-likeness (QED) is 0.567. The minimum absolute atomic E-state index is 0.211. The Morgan fingerprint density at radius 1 is 1.24 bits per heavy atom. The molecular formula is C19H19N7O3. The Bertz CT molecular complexity index is 1180. The molecule has 0 aliphatic rings. The molecule has 10 nitrogen and oxygen atoms in total. The number of H-pyrrole nitrogens is 1. The molecule has 0 amide bonds. The van der Waals surface area contributed by atoms with Gasteiger partial charge in [0.15, 0.2) is 0 Å². The number of aromatic amines is 1. The molecule has 2 aromatic heterocycles. The van der Waals surface area contributed by atoms with Crippen molar-refractivity contribution in [1.82, 2.24) is 19.5 Å². The van der Waals surface area contributed by atoms with E-state index >= 15 is 0 Å². The monoisotopic (exact) mass is 393 g/mol. The second-order valence-corrected chi connectivity index (χ2v) is 6.34. The van der Waals surface area contributed by atoms with E-state index in [2.05, 4.69) is 26.3 Å². The lowest BCUT2D eigenvalue weighted by Gasteiger charge is -2.13. The Morgan fingerprint density at radius 2 is 1.97 bits per heavy atom. The van der Waals surface area contributed by atoms with Crippen molar-refractivity contribution in [2.45, 2.75) is 20.4 Å². The van der Waals surface area contributed by atoms with E-state index in [-0.39, 0.29) is 24.2 Å². The molecule has 0 aliphatic carbocycles. The molecular weight excluding hydrogens is 374 g/mol. The average molecular weight is 393 g/mol. The van der Waals surface area contributed by atoms with Gasteiger partial charge in [0.1, 0.15) is 11.6 Å². The highest BCUT2D eigenvalue weighted by molar-refractivity contribution is 5.49. The second-order valence-electron chi connectivity index (χ2n) is 6.34. The molecule has 148 valence electrons. The highest BCUT2D eigenvalue weighted by Gasteiger charge is 2.11. The van der Waals surface area contributed by atoms with Crippen molar-refractivity contribution in [2.24, 2.45) is 0 Å². The number of hydrogen-bond acceptors (Lipinski definition) is 8. The molecule has 0 unspecified atom stereocenters. The molecule has 0 fully saturated rings. The first-order valence-corrected chi connectivity index (χ1v) is 8.73. The summed E-state index contributed by atoms with van der Waals surface area (Å²) in [5.41, 5.74) is 7.05. The van der Waals surface area contributed by atoms with Crippen LogP contribution >= 0.6 is 0 Å². The lowest BCUT2D eigenvalue weighted by molar-refractivity contribution is 0.455. The normalized spacial score (nSPS) is 10.4.